The Morgan fingerprint density at radius 3 is 2.59 bits per heavy atom. The molecule has 0 radical (unpaired) electrons. The number of hydrogen-bond donors (Lipinski definition) is 1. The first-order valence-electron chi connectivity index (χ1n) is 7.71. The Bertz CT molecular complexity index is 605. The van der Waals surface area contributed by atoms with Crippen LogP contribution in [0.3, 0.4) is 0 Å². The van der Waals surface area contributed by atoms with Crippen molar-refractivity contribution in [3.05, 3.63) is 65.2 Å². The van der Waals surface area contributed by atoms with E-state index in [9.17, 15) is 4.79 Å². The van der Waals surface area contributed by atoms with Gasteiger partial charge in [-0.05, 0) is 36.6 Å². The molecular formula is C19H23NO2. The van der Waals surface area contributed by atoms with E-state index in [0.29, 0.717) is 19.6 Å². The molecule has 0 fully saturated rings. The highest BCUT2D eigenvalue weighted by Crippen LogP contribution is 2.13. The van der Waals surface area contributed by atoms with Crippen molar-refractivity contribution in [3.63, 3.8) is 0 Å². The molecule has 2 aromatic rings. The van der Waals surface area contributed by atoms with Crippen molar-refractivity contribution in [2.45, 2.75) is 26.7 Å². The normalized spacial score (nSPS) is 10.3. The van der Waals surface area contributed by atoms with Gasteiger partial charge >= 0.3 is 0 Å². The molecule has 1 amide bonds. The molecule has 0 spiro atoms. The van der Waals surface area contributed by atoms with Gasteiger partial charge < -0.3 is 10.1 Å². The van der Waals surface area contributed by atoms with Crippen LogP contribution in [0.2, 0.25) is 0 Å². The third kappa shape index (κ3) is 5.24. The van der Waals surface area contributed by atoms with Crippen LogP contribution in [0, 0.1) is 6.92 Å². The molecule has 22 heavy (non-hydrogen) atoms. The van der Waals surface area contributed by atoms with E-state index in [2.05, 4.69) is 18.3 Å². The number of carbonyl (C=O) groups is 1. The number of aryl methyl sites for hydroxylation is 2. The van der Waals surface area contributed by atoms with E-state index in [1.54, 1.807) is 0 Å². The molecular weight excluding hydrogens is 274 g/mol. The molecule has 0 aromatic heterocycles. The van der Waals surface area contributed by atoms with E-state index in [-0.39, 0.29) is 5.91 Å². The van der Waals surface area contributed by atoms with Crippen molar-refractivity contribution in [1.82, 2.24) is 5.32 Å². The lowest BCUT2D eigenvalue weighted by Crippen LogP contribution is -2.29. The van der Waals surface area contributed by atoms with Gasteiger partial charge in [-0.2, -0.15) is 0 Å². The molecule has 0 bridgehead atoms. The third-order valence-electron chi connectivity index (χ3n) is 3.48. The van der Waals surface area contributed by atoms with Gasteiger partial charge in [0.2, 0.25) is 5.91 Å². The van der Waals surface area contributed by atoms with E-state index in [1.165, 1.54) is 11.1 Å². The van der Waals surface area contributed by atoms with E-state index in [4.69, 9.17) is 4.74 Å². The maximum atomic E-state index is 11.8. The zero-order valence-corrected chi connectivity index (χ0v) is 13.3. The summed E-state index contributed by atoms with van der Waals surface area (Å²) in [5.41, 5.74) is 3.48. The molecule has 0 unspecified atom stereocenters. The Labute approximate surface area is 132 Å². The standard InChI is InChI=1S/C19H23NO2/c1-3-16-5-4-6-18(13-16)22-12-11-20-19(21)14-17-9-7-15(2)8-10-17/h4-10,13H,3,11-12,14H2,1-2H3,(H,20,21). The summed E-state index contributed by atoms with van der Waals surface area (Å²) in [4.78, 5) is 11.8. The van der Waals surface area contributed by atoms with Gasteiger partial charge in [-0.25, -0.2) is 0 Å². The van der Waals surface area contributed by atoms with Crippen LogP contribution in [0.25, 0.3) is 0 Å². The van der Waals surface area contributed by atoms with Crippen molar-refractivity contribution in [2.24, 2.45) is 0 Å². The van der Waals surface area contributed by atoms with Crippen molar-refractivity contribution >= 4 is 5.91 Å². The van der Waals surface area contributed by atoms with Gasteiger partial charge in [0.1, 0.15) is 12.4 Å². The summed E-state index contributed by atoms with van der Waals surface area (Å²) in [5, 5.41) is 2.88. The SMILES string of the molecule is CCc1cccc(OCCNC(=O)Cc2ccc(C)cc2)c1. The fourth-order valence-corrected chi connectivity index (χ4v) is 2.17. The van der Waals surface area contributed by atoms with Gasteiger partial charge in [0.15, 0.2) is 0 Å². The number of nitrogens with one attached hydrogen (secondary N) is 1. The minimum absolute atomic E-state index is 0.0229. The molecule has 2 aromatic carbocycles. The first-order valence-corrected chi connectivity index (χ1v) is 7.71. The van der Waals surface area contributed by atoms with Crippen LogP contribution in [0.5, 0.6) is 5.75 Å². The minimum atomic E-state index is 0.0229. The average molecular weight is 297 g/mol. The molecule has 3 heteroatoms. The van der Waals surface area contributed by atoms with Gasteiger partial charge in [0, 0.05) is 0 Å². The van der Waals surface area contributed by atoms with Gasteiger partial charge in [-0.1, -0.05) is 48.9 Å². The molecule has 0 aliphatic rings. The highest BCUT2D eigenvalue weighted by Gasteiger charge is 2.03. The van der Waals surface area contributed by atoms with Gasteiger partial charge in [-0.15, -0.1) is 0 Å². The topological polar surface area (TPSA) is 38.3 Å². The van der Waals surface area contributed by atoms with Gasteiger partial charge in [-0.3, -0.25) is 4.79 Å². The molecule has 0 saturated carbocycles. The summed E-state index contributed by atoms with van der Waals surface area (Å²) in [7, 11) is 0. The van der Waals surface area contributed by atoms with E-state index in [1.807, 2.05) is 49.4 Å². The van der Waals surface area contributed by atoms with Crippen LogP contribution < -0.4 is 10.1 Å². The molecule has 0 aliphatic carbocycles. The second kappa shape index (κ2) is 8.23. The van der Waals surface area contributed by atoms with Crippen LogP contribution in [-0.4, -0.2) is 19.1 Å². The summed E-state index contributed by atoms with van der Waals surface area (Å²) < 4.78 is 5.65. The monoisotopic (exact) mass is 297 g/mol. The zero-order chi connectivity index (χ0) is 15.8. The summed E-state index contributed by atoms with van der Waals surface area (Å²) >= 11 is 0. The van der Waals surface area contributed by atoms with Crippen molar-refractivity contribution in [1.29, 1.82) is 0 Å². The summed E-state index contributed by atoms with van der Waals surface area (Å²) in [6.07, 6.45) is 1.40. The van der Waals surface area contributed by atoms with Gasteiger partial charge in [0.25, 0.3) is 0 Å². The second-order valence-electron chi connectivity index (χ2n) is 5.36. The third-order valence-corrected chi connectivity index (χ3v) is 3.48. The lowest BCUT2D eigenvalue weighted by molar-refractivity contribution is -0.120. The Morgan fingerprint density at radius 1 is 1.09 bits per heavy atom. The molecule has 2 rings (SSSR count). The lowest BCUT2D eigenvalue weighted by atomic mass is 10.1. The van der Waals surface area contributed by atoms with Crippen LogP contribution in [0.1, 0.15) is 23.6 Å². The van der Waals surface area contributed by atoms with E-state index >= 15 is 0 Å². The smallest absolute Gasteiger partial charge is 0.224 e. The maximum absolute atomic E-state index is 11.8. The summed E-state index contributed by atoms with van der Waals surface area (Å²) in [6, 6.07) is 16.1. The number of ether oxygens (including phenoxy) is 1. The fourth-order valence-electron chi connectivity index (χ4n) is 2.17. The largest absolute Gasteiger partial charge is 0.492 e. The average Bonchev–Trinajstić information content (AvgIpc) is 2.54. The van der Waals surface area contributed by atoms with Crippen LogP contribution in [0.15, 0.2) is 48.5 Å². The number of rotatable bonds is 7. The molecule has 0 atom stereocenters. The number of hydrogen-bond acceptors (Lipinski definition) is 2. The summed E-state index contributed by atoms with van der Waals surface area (Å²) in [6.45, 7) is 5.15. The van der Waals surface area contributed by atoms with Crippen molar-refractivity contribution < 1.29 is 9.53 Å². The first-order chi connectivity index (χ1) is 10.7. The molecule has 1 N–H and O–H groups in total. The van der Waals surface area contributed by atoms with Crippen LogP contribution in [0.4, 0.5) is 0 Å². The lowest BCUT2D eigenvalue weighted by Gasteiger charge is -2.09. The number of carbonyl (C=O) groups excluding carboxylic acids is 1. The Kier molecular flexibility index (Phi) is 6.01. The maximum Gasteiger partial charge on any atom is 0.224 e. The Morgan fingerprint density at radius 2 is 1.86 bits per heavy atom. The van der Waals surface area contributed by atoms with E-state index < -0.39 is 0 Å². The van der Waals surface area contributed by atoms with Crippen LogP contribution in [-0.2, 0) is 17.6 Å². The molecule has 0 aliphatic heterocycles. The highest BCUT2D eigenvalue weighted by atomic mass is 16.5. The Hall–Kier alpha value is -2.29. The second-order valence-corrected chi connectivity index (χ2v) is 5.36. The minimum Gasteiger partial charge on any atom is -0.492 e. The van der Waals surface area contributed by atoms with Crippen molar-refractivity contribution in [2.75, 3.05) is 13.2 Å². The highest BCUT2D eigenvalue weighted by molar-refractivity contribution is 5.78. The predicted octanol–water partition coefficient (Wildman–Crippen LogP) is 3.30. The van der Waals surface area contributed by atoms with Crippen molar-refractivity contribution in [3.8, 4) is 5.75 Å². The Balaban J connectivity index is 1.69. The van der Waals surface area contributed by atoms with E-state index in [0.717, 1.165) is 17.7 Å². The number of benzene rings is 2. The molecule has 0 heterocycles. The molecule has 116 valence electrons. The first kappa shape index (κ1) is 16.1. The summed E-state index contributed by atoms with van der Waals surface area (Å²) in [5.74, 6) is 0.877. The van der Waals surface area contributed by atoms with Gasteiger partial charge in [0.05, 0.1) is 13.0 Å². The zero-order valence-electron chi connectivity index (χ0n) is 13.3. The molecule has 0 saturated heterocycles. The predicted molar refractivity (Wildman–Crippen MR) is 89.2 cm³/mol. The fraction of sp³-hybridized carbons (Fsp3) is 0.316. The van der Waals surface area contributed by atoms with Crippen LogP contribution >= 0.6 is 0 Å². The number of amides is 1. The quantitative estimate of drug-likeness (QED) is 0.796. The molecule has 3 nitrogen and oxygen atoms in total.